The molecular weight excluding hydrogens is 492 g/mol. The SMILES string of the molecule is CC1(C)CN[C@@H]2CCCC[C@@H]2N1.O=C(O[C@@H](C(=O)O)[C@@H](OC(=O)c1ccccc1)C(=O)O)c1ccccc1. The van der Waals surface area contributed by atoms with E-state index < -0.39 is 36.1 Å². The van der Waals surface area contributed by atoms with E-state index >= 15 is 0 Å². The van der Waals surface area contributed by atoms with Gasteiger partial charge in [-0.15, -0.1) is 0 Å². The lowest BCUT2D eigenvalue weighted by Crippen LogP contribution is -2.66. The Morgan fingerprint density at radius 2 is 1.18 bits per heavy atom. The summed E-state index contributed by atoms with van der Waals surface area (Å²) in [6, 6.07) is 16.3. The number of ether oxygens (including phenoxy) is 2. The molecule has 2 aromatic rings. The van der Waals surface area contributed by atoms with Gasteiger partial charge in [0.25, 0.3) is 0 Å². The van der Waals surface area contributed by atoms with E-state index in [0.717, 1.165) is 18.6 Å². The van der Waals surface area contributed by atoms with Crippen LogP contribution < -0.4 is 10.6 Å². The van der Waals surface area contributed by atoms with Gasteiger partial charge in [0.1, 0.15) is 0 Å². The van der Waals surface area contributed by atoms with Crippen LogP contribution in [0.4, 0.5) is 0 Å². The van der Waals surface area contributed by atoms with Crippen LogP contribution in [0.25, 0.3) is 0 Å². The number of piperazine rings is 1. The first-order valence-electron chi connectivity index (χ1n) is 12.6. The molecule has 0 amide bonds. The molecular formula is C28H34N2O8. The van der Waals surface area contributed by atoms with Crippen LogP contribution in [-0.2, 0) is 19.1 Å². The summed E-state index contributed by atoms with van der Waals surface area (Å²) in [5.41, 5.74) is 0.355. The summed E-state index contributed by atoms with van der Waals surface area (Å²) in [4.78, 5) is 46.8. The average Bonchev–Trinajstić information content (AvgIpc) is 2.91. The van der Waals surface area contributed by atoms with E-state index in [-0.39, 0.29) is 11.1 Å². The van der Waals surface area contributed by atoms with E-state index in [0.29, 0.717) is 5.54 Å². The molecule has 38 heavy (non-hydrogen) atoms. The second kappa shape index (κ2) is 13.2. The molecule has 2 aliphatic rings. The molecule has 204 valence electrons. The maximum absolute atomic E-state index is 12.0. The number of nitrogens with one attached hydrogen (secondary N) is 2. The molecule has 1 saturated heterocycles. The number of benzene rings is 2. The predicted octanol–water partition coefficient (Wildman–Crippen LogP) is 2.88. The highest BCUT2D eigenvalue weighted by molar-refractivity contribution is 5.95. The zero-order chi connectivity index (χ0) is 27.7. The van der Waals surface area contributed by atoms with Crippen molar-refractivity contribution in [3.8, 4) is 0 Å². The molecule has 4 atom stereocenters. The number of carbonyl (C=O) groups excluding carboxylic acids is 2. The van der Waals surface area contributed by atoms with Gasteiger partial charge in [0, 0.05) is 24.2 Å². The van der Waals surface area contributed by atoms with Gasteiger partial charge >= 0.3 is 23.9 Å². The highest BCUT2D eigenvalue weighted by atomic mass is 16.6. The maximum atomic E-state index is 12.0. The number of hydrogen-bond donors (Lipinski definition) is 4. The quantitative estimate of drug-likeness (QED) is 0.396. The van der Waals surface area contributed by atoms with Crippen LogP contribution in [0.1, 0.15) is 60.2 Å². The minimum Gasteiger partial charge on any atom is -0.478 e. The standard InChI is InChI=1S/C18H14O8.C10H20N2/c19-15(20)13(25-17(23)11-7-3-1-4-8-11)14(16(21)22)26-18(24)12-9-5-2-6-10-12;1-10(2)7-11-8-5-3-4-6-9(8)12-10/h1-10,13-14H,(H,19,20)(H,21,22);8-9,11-12H,3-7H2,1-2H3/t13-,14-;8-,9+/m11/s1. The second-order valence-corrected chi connectivity index (χ2v) is 9.97. The van der Waals surface area contributed by atoms with Crippen molar-refractivity contribution in [3.63, 3.8) is 0 Å². The van der Waals surface area contributed by atoms with Crippen LogP contribution in [0, 0.1) is 0 Å². The van der Waals surface area contributed by atoms with Crippen molar-refractivity contribution in [2.45, 2.75) is 69.4 Å². The number of rotatable bonds is 7. The third-order valence-corrected chi connectivity index (χ3v) is 6.40. The van der Waals surface area contributed by atoms with Crippen molar-refractivity contribution < 1.29 is 38.9 Å². The molecule has 0 spiro atoms. The highest BCUT2D eigenvalue weighted by Crippen LogP contribution is 2.23. The maximum Gasteiger partial charge on any atom is 0.349 e. The minimum absolute atomic E-state index is 0.0253. The predicted molar refractivity (Wildman–Crippen MR) is 138 cm³/mol. The number of carboxylic acids is 2. The Morgan fingerprint density at radius 1 is 0.763 bits per heavy atom. The molecule has 0 bridgehead atoms. The fourth-order valence-electron chi connectivity index (χ4n) is 4.49. The molecule has 0 aromatic heterocycles. The van der Waals surface area contributed by atoms with Gasteiger partial charge < -0.3 is 30.3 Å². The van der Waals surface area contributed by atoms with Crippen LogP contribution >= 0.6 is 0 Å². The number of fused-ring (bicyclic) bond motifs is 1. The summed E-state index contributed by atoms with van der Waals surface area (Å²) in [5.74, 6) is -5.63. The van der Waals surface area contributed by atoms with E-state index in [9.17, 15) is 29.4 Å². The fraction of sp³-hybridized carbons (Fsp3) is 0.429. The summed E-state index contributed by atoms with van der Waals surface area (Å²) < 4.78 is 9.52. The minimum atomic E-state index is -2.21. The number of esters is 2. The van der Waals surface area contributed by atoms with Crippen molar-refractivity contribution in [2.75, 3.05) is 6.54 Å². The van der Waals surface area contributed by atoms with Gasteiger partial charge in [-0.3, -0.25) is 0 Å². The van der Waals surface area contributed by atoms with E-state index in [2.05, 4.69) is 24.5 Å². The largest absolute Gasteiger partial charge is 0.478 e. The molecule has 1 saturated carbocycles. The summed E-state index contributed by atoms with van der Waals surface area (Å²) in [5, 5.41) is 25.9. The smallest absolute Gasteiger partial charge is 0.349 e. The number of aliphatic carboxylic acids is 2. The number of hydrogen-bond acceptors (Lipinski definition) is 8. The van der Waals surface area contributed by atoms with Crippen molar-refractivity contribution in [1.29, 1.82) is 0 Å². The van der Waals surface area contributed by atoms with Crippen LogP contribution in [0.15, 0.2) is 60.7 Å². The van der Waals surface area contributed by atoms with Crippen molar-refractivity contribution in [1.82, 2.24) is 10.6 Å². The summed E-state index contributed by atoms with van der Waals surface area (Å²) in [6.45, 7) is 5.68. The van der Waals surface area contributed by atoms with Crippen LogP contribution in [0.5, 0.6) is 0 Å². The highest BCUT2D eigenvalue weighted by Gasteiger charge is 2.41. The third-order valence-electron chi connectivity index (χ3n) is 6.40. The molecule has 2 aromatic carbocycles. The molecule has 10 heteroatoms. The van der Waals surface area contributed by atoms with Gasteiger partial charge in [-0.2, -0.15) is 0 Å². The Kier molecular flexibility index (Phi) is 9.98. The lowest BCUT2D eigenvalue weighted by atomic mass is 9.85. The first-order valence-corrected chi connectivity index (χ1v) is 12.6. The lowest BCUT2D eigenvalue weighted by molar-refractivity contribution is -0.166. The van der Waals surface area contributed by atoms with Gasteiger partial charge in [-0.05, 0) is 51.0 Å². The average molecular weight is 527 g/mol. The third kappa shape index (κ3) is 8.12. The van der Waals surface area contributed by atoms with Crippen LogP contribution in [0.2, 0.25) is 0 Å². The monoisotopic (exact) mass is 526 g/mol. The van der Waals surface area contributed by atoms with Crippen LogP contribution in [-0.4, -0.2) is 70.5 Å². The summed E-state index contributed by atoms with van der Waals surface area (Å²) in [7, 11) is 0. The first-order chi connectivity index (χ1) is 18.1. The zero-order valence-electron chi connectivity index (χ0n) is 21.5. The fourth-order valence-corrected chi connectivity index (χ4v) is 4.49. The van der Waals surface area contributed by atoms with E-state index in [1.807, 2.05) is 0 Å². The molecule has 0 radical (unpaired) electrons. The Balaban J connectivity index is 0.000000275. The molecule has 2 fully saturated rings. The van der Waals surface area contributed by atoms with Crippen molar-refractivity contribution >= 4 is 23.9 Å². The van der Waals surface area contributed by atoms with Gasteiger partial charge in [0.15, 0.2) is 0 Å². The molecule has 0 unspecified atom stereocenters. The van der Waals surface area contributed by atoms with Crippen LogP contribution in [0.3, 0.4) is 0 Å². The van der Waals surface area contributed by atoms with Gasteiger partial charge in [0.2, 0.25) is 12.2 Å². The van der Waals surface area contributed by atoms with Crippen molar-refractivity contribution in [3.05, 3.63) is 71.8 Å². The summed E-state index contributed by atoms with van der Waals surface area (Å²) in [6.07, 6.45) is 1.12. The topological polar surface area (TPSA) is 151 Å². The molecule has 4 rings (SSSR count). The Labute approximate surface area is 221 Å². The lowest BCUT2D eigenvalue weighted by Gasteiger charge is -2.45. The molecule has 1 heterocycles. The zero-order valence-corrected chi connectivity index (χ0v) is 21.5. The van der Waals surface area contributed by atoms with E-state index in [1.54, 1.807) is 12.1 Å². The van der Waals surface area contributed by atoms with Gasteiger partial charge in [0.05, 0.1) is 11.1 Å². The summed E-state index contributed by atoms with van der Waals surface area (Å²) >= 11 is 0. The first kappa shape index (κ1) is 28.8. The Morgan fingerprint density at radius 3 is 1.61 bits per heavy atom. The normalized spacial score (nSPS) is 21.3. The van der Waals surface area contributed by atoms with Gasteiger partial charge in [-0.1, -0.05) is 49.2 Å². The Bertz CT molecular complexity index is 1040. The number of carbonyl (C=O) groups is 4. The molecule has 10 nitrogen and oxygen atoms in total. The van der Waals surface area contributed by atoms with Crippen molar-refractivity contribution in [2.24, 2.45) is 0 Å². The van der Waals surface area contributed by atoms with E-state index in [4.69, 9.17) is 9.47 Å². The molecule has 1 aliphatic heterocycles. The van der Waals surface area contributed by atoms with E-state index in [1.165, 1.54) is 74.2 Å². The second-order valence-electron chi connectivity index (χ2n) is 9.97. The number of carboxylic acid groups (broad SMARTS) is 2. The molecule has 4 N–H and O–H groups in total. The van der Waals surface area contributed by atoms with Gasteiger partial charge in [-0.25, -0.2) is 19.2 Å². The Hall–Kier alpha value is -3.76. The molecule has 1 aliphatic carbocycles.